The van der Waals surface area contributed by atoms with E-state index in [-0.39, 0.29) is 35.0 Å². The molecule has 2 atom stereocenters. The van der Waals surface area contributed by atoms with Crippen LogP contribution in [0.25, 0.3) is 0 Å². The first-order chi connectivity index (χ1) is 16.6. The van der Waals surface area contributed by atoms with Crippen LogP contribution in [0.2, 0.25) is 0 Å². The van der Waals surface area contributed by atoms with Crippen LogP contribution >= 0.6 is 0 Å². The molecule has 0 amide bonds. The summed E-state index contributed by atoms with van der Waals surface area (Å²) in [5.41, 5.74) is 1.04. The number of aromatic nitrogens is 2. The first-order valence-corrected chi connectivity index (χ1v) is 14.4. The lowest BCUT2D eigenvalue weighted by molar-refractivity contribution is 0.163. The van der Waals surface area contributed by atoms with Crippen molar-refractivity contribution >= 4 is 20.0 Å². The maximum Gasteiger partial charge on any atom is 0.240 e. The van der Waals surface area contributed by atoms with Crippen molar-refractivity contribution in [2.24, 2.45) is 0 Å². The minimum Gasteiger partial charge on any atom is -0.296 e. The average Bonchev–Trinajstić information content (AvgIpc) is 3.29. The molecule has 1 aromatic heterocycles. The van der Waals surface area contributed by atoms with Gasteiger partial charge in [0.2, 0.25) is 20.0 Å². The van der Waals surface area contributed by atoms with Gasteiger partial charge in [-0.05, 0) is 50.6 Å². The van der Waals surface area contributed by atoms with Gasteiger partial charge in [0, 0.05) is 38.4 Å². The van der Waals surface area contributed by atoms with Gasteiger partial charge in [0.05, 0.1) is 22.0 Å². The van der Waals surface area contributed by atoms with Gasteiger partial charge in [0.25, 0.3) is 0 Å². The summed E-state index contributed by atoms with van der Waals surface area (Å²) in [5, 5.41) is 4.40. The zero-order valence-electron chi connectivity index (χ0n) is 20.2. The molecular weight excluding hydrogens is 486 g/mol. The molecule has 0 fully saturated rings. The van der Waals surface area contributed by atoms with Crippen molar-refractivity contribution in [3.63, 3.8) is 0 Å². The number of nitrogens with zero attached hydrogens (tertiary/aromatic N) is 3. The summed E-state index contributed by atoms with van der Waals surface area (Å²) >= 11 is 0. The number of sulfonamides is 2. The molecule has 0 aliphatic rings. The molecule has 0 spiro atoms. The topological polar surface area (TPSA) is 113 Å². The van der Waals surface area contributed by atoms with E-state index in [1.807, 2.05) is 31.6 Å². The van der Waals surface area contributed by atoms with Crippen LogP contribution in [0.3, 0.4) is 0 Å². The predicted molar refractivity (Wildman–Crippen MR) is 136 cm³/mol. The number of hydrogen-bond acceptors (Lipinski definition) is 6. The fourth-order valence-corrected chi connectivity index (χ4v) is 5.80. The number of benzene rings is 2. The van der Waals surface area contributed by atoms with Crippen LogP contribution in [0.1, 0.15) is 25.5 Å². The molecule has 0 saturated heterocycles. The smallest absolute Gasteiger partial charge is 0.240 e. The molecule has 3 aromatic rings. The van der Waals surface area contributed by atoms with Gasteiger partial charge >= 0.3 is 0 Å². The Morgan fingerprint density at radius 2 is 1.29 bits per heavy atom. The maximum atomic E-state index is 12.6. The van der Waals surface area contributed by atoms with Crippen LogP contribution in [0.4, 0.5) is 0 Å². The van der Waals surface area contributed by atoms with Crippen LogP contribution in [0.5, 0.6) is 0 Å². The third kappa shape index (κ3) is 7.45. The second-order valence-electron chi connectivity index (χ2n) is 8.44. The number of hydrogen-bond donors (Lipinski definition) is 2. The molecule has 0 aliphatic carbocycles. The summed E-state index contributed by atoms with van der Waals surface area (Å²) < 4.78 is 57.6. The van der Waals surface area contributed by atoms with Gasteiger partial charge in [-0.1, -0.05) is 36.4 Å². The monoisotopic (exact) mass is 519 g/mol. The third-order valence-corrected chi connectivity index (χ3v) is 8.87. The highest BCUT2D eigenvalue weighted by Crippen LogP contribution is 2.17. The number of nitrogens with one attached hydrogen (secondary N) is 2. The molecule has 3 rings (SSSR count). The second kappa shape index (κ2) is 11.9. The highest BCUT2D eigenvalue weighted by Gasteiger charge is 2.23. The van der Waals surface area contributed by atoms with E-state index in [1.165, 1.54) is 0 Å². The Morgan fingerprint density at radius 1 is 0.829 bits per heavy atom. The van der Waals surface area contributed by atoms with Gasteiger partial charge < -0.3 is 0 Å². The Bertz CT molecular complexity index is 1200. The first kappa shape index (κ1) is 27.0. The Labute approximate surface area is 208 Å². The molecule has 2 aromatic carbocycles. The third-order valence-electron chi connectivity index (χ3n) is 5.91. The molecule has 9 nitrogen and oxygen atoms in total. The van der Waals surface area contributed by atoms with Gasteiger partial charge in [-0.15, -0.1) is 0 Å². The van der Waals surface area contributed by atoms with Crippen molar-refractivity contribution in [1.29, 1.82) is 0 Å². The van der Waals surface area contributed by atoms with Gasteiger partial charge in [-0.2, -0.15) is 5.10 Å². The molecule has 0 aliphatic heterocycles. The van der Waals surface area contributed by atoms with Crippen LogP contribution in [0.15, 0.2) is 82.8 Å². The molecule has 190 valence electrons. The minimum absolute atomic E-state index is 0.0137. The summed E-state index contributed by atoms with van der Waals surface area (Å²) in [5.74, 6) is 0. The molecule has 1 heterocycles. The zero-order valence-corrected chi connectivity index (χ0v) is 21.8. The summed E-state index contributed by atoms with van der Waals surface area (Å²) in [6, 6.07) is 16.3. The Balaban J connectivity index is 1.67. The van der Waals surface area contributed by atoms with E-state index in [4.69, 9.17) is 0 Å². The Kier molecular flexibility index (Phi) is 9.20. The van der Waals surface area contributed by atoms with Crippen LogP contribution < -0.4 is 9.44 Å². The molecular formula is C24H33N5O4S2. The molecule has 35 heavy (non-hydrogen) atoms. The number of aryl methyl sites for hydroxylation is 1. The van der Waals surface area contributed by atoms with Crippen molar-refractivity contribution in [3.05, 3.63) is 78.6 Å². The molecule has 0 unspecified atom stereocenters. The van der Waals surface area contributed by atoms with Crippen molar-refractivity contribution < 1.29 is 16.8 Å². The molecule has 11 heteroatoms. The quantitative estimate of drug-likeness (QED) is 0.359. The molecule has 2 N–H and O–H groups in total. The van der Waals surface area contributed by atoms with E-state index in [1.54, 1.807) is 66.9 Å². The van der Waals surface area contributed by atoms with Gasteiger partial charge in [0.1, 0.15) is 0 Å². The normalized spacial score (nSPS) is 14.2. The van der Waals surface area contributed by atoms with Crippen molar-refractivity contribution in [3.8, 4) is 0 Å². The van der Waals surface area contributed by atoms with Crippen molar-refractivity contribution in [2.45, 2.75) is 42.6 Å². The van der Waals surface area contributed by atoms with Gasteiger partial charge in [0.15, 0.2) is 0 Å². The van der Waals surface area contributed by atoms with Crippen LogP contribution in [0, 0.1) is 6.92 Å². The van der Waals surface area contributed by atoms with E-state index in [0.717, 1.165) is 5.56 Å². The van der Waals surface area contributed by atoms with Crippen LogP contribution in [-0.4, -0.2) is 63.7 Å². The van der Waals surface area contributed by atoms with Crippen molar-refractivity contribution in [2.75, 3.05) is 26.2 Å². The molecule has 0 saturated carbocycles. The highest BCUT2D eigenvalue weighted by molar-refractivity contribution is 7.89. The average molecular weight is 520 g/mol. The first-order valence-electron chi connectivity index (χ1n) is 11.4. The molecule has 0 radical (unpaired) electrons. The van der Waals surface area contributed by atoms with E-state index >= 15 is 0 Å². The second-order valence-corrected chi connectivity index (χ2v) is 12.0. The SMILES string of the molecule is Cc1cnn([C@@H](C)[C@H](C)N(CCNS(=O)(=O)c2ccccc2)CCNS(=O)(=O)c2ccccc2)c1. The van der Waals surface area contributed by atoms with E-state index in [9.17, 15) is 16.8 Å². The largest absolute Gasteiger partial charge is 0.296 e. The fraction of sp³-hybridized carbons (Fsp3) is 0.375. The minimum atomic E-state index is -3.64. The number of rotatable bonds is 13. The highest BCUT2D eigenvalue weighted by atomic mass is 32.2. The summed E-state index contributed by atoms with van der Waals surface area (Å²) in [6.07, 6.45) is 3.74. The maximum absolute atomic E-state index is 12.6. The van der Waals surface area contributed by atoms with Crippen LogP contribution in [-0.2, 0) is 20.0 Å². The van der Waals surface area contributed by atoms with E-state index in [0.29, 0.717) is 13.1 Å². The fourth-order valence-electron chi connectivity index (χ4n) is 3.71. The van der Waals surface area contributed by atoms with Gasteiger partial charge in [-0.3, -0.25) is 9.58 Å². The predicted octanol–water partition coefficient (Wildman–Crippen LogP) is 2.40. The summed E-state index contributed by atoms with van der Waals surface area (Å²) in [6.45, 7) is 7.17. The van der Waals surface area contributed by atoms with Crippen molar-refractivity contribution in [1.82, 2.24) is 24.1 Å². The zero-order chi connectivity index (χ0) is 25.5. The molecule has 0 bridgehead atoms. The Hall–Kier alpha value is -2.57. The lowest BCUT2D eigenvalue weighted by atomic mass is 10.1. The summed E-state index contributed by atoms with van der Waals surface area (Å²) in [7, 11) is -7.27. The summed E-state index contributed by atoms with van der Waals surface area (Å²) in [4.78, 5) is 2.47. The van der Waals surface area contributed by atoms with E-state index < -0.39 is 20.0 Å². The lowest BCUT2D eigenvalue weighted by Gasteiger charge is -2.33. The lowest BCUT2D eigenvalue weighted by Crippen LogP contribution is -2.46. The van der Waals surface area contributed by atoms with Gasteiger partial charge in [-0.25, -0.2) is 26.3 Å². The van der Waals surface area contributed by atoms with E-state index in [2.05, 4.69) is 19.4 Å². The standard InChI is InChI=1S/C24H33N5O4S2/c1-20-18-25-29(19-20)22(3)21(2)28(16-14-26-34(30,31)23-10-6-4-7-11-23)17-15-27-35(32,33)24-12-8-5-9-13-24/h4-13,18-19,21-22,26-27H,14-17H2,1-3H3/t21-,22-/m0/s1. The Morgan fingerprint density at radius 3 is 1.69 bits per heavy atom.